The molecule has 5 heteroatoms. The van der Waals surface area contributed by atoms with Crippen LogP contribution in [0.25, 0.3) is 0 Å². The van der Waals surface area contributed by atoms with Gasteiger partial charge in [-0.25, -0.2) is 0 Å². The second kappa shape index (κ2) is 3.47. The quantitative estimate of drug-likeness (QED) is 0.340. The zero-order valence-electron chi connectivity index (χ0n) is 6.65. The van der Waals surface area contributed by atoms with E-state index in [1.165, 1.54) is 12.1 Å². The highest BCUT2D eigenvalue weighted by atomic mass is 16.4. The minimum atomic E-state index is -1.54. The average Bonchev–Trinajstić information content (AvgIpc) is 2.04. The largest absolute Gasteiger partial charge is 0.506 e. The molecule has 4 nitrogen and oxygen atoms in total. The van der Waals surface area contributed by atoms with Crippen LogP contribution < -0.4 is 10.8 Å². The van der Waals surface area contributed by atoms with Crippen LogP contribution in [0.2, 0.25) is 0 Å². The number of nitrogens with one attached hydrogen (secondary N) is 1. The standard InChI is InChI=1S/C7H10BNO3/c1-9-6-3-2-5(8(11)12)4-7(6)10/h2-4,9-12H,1H3. The van der Waals surface area contributed by atoms with Crippen molar-refractivity contribution in [2.75, 3.05) is 12.4 Å². The van der Waals surface area contributed by atoms with Crippen LogP contribution in [-0.2, 0) is 0 Å². The predicted molar refractivity (Wildman–Crippen MR) is 47.5 cm³/mol. The summed E-state index contributed by atoms with van der Waals surface area (Å²) in [6.07, 6.45) is 0. The SMILES string of the molecule is CNc1ccc(B(O)O)cc1O. The second-order valence-electron chi connectivity index (χ2n) is 2.40. The Kier molecular flexibility index (Phi) is 2.57. The first-order valence-corrected chi connectivity index (χ1v) is 3.52. The van der Waals surface area contributed by atoms with E-state index >= 15 is 0 Å². The van der Waals surface area contributed by atoms with Crippen molar-refractivity contribution in [1.82, 2.24) is 0 Å². The van der Waals surface area contributed by atoms with E-state index in [1.807, 2.05) is 0 Å². The number of rotatable bonds is 2. The Morgan fingerprint density at radius 1 is 1.33 bits per heavy atom. The van der Waals surface area contributed by atoms with Crippen LogP contribution in [0.4, 0.5) is 5.69 Å². The molecule has 0 aliphatic heterocycles. The maximum atomic E-state index is 9.26. The summed E-state index contributed by atoms with van der Waals surface area (Å²) in [7, 11) is 0.131. The number of hydrogen-bond donors (Lipinski definition) is 4. The van der Waals surface area contributed by atoms with Gasteiger partial charge in [0.2, 0.25) is 0 Å². The van der Waals surface area contributed by atoms with Crippen molar-refractivity contribution in [2.45, 2.75) is 0 Å². The van der Waals surface area contributed by atoms with Crippen molar-refractivity contribution >= 4 is 18.3 Å². The molecule has 0 heterocycles. The topological polar surface area (TPSA) is 72.7 Å². The van der Waals surface area contributed by atoms with E-state index in [1.54, 1.807) is 13.1 Å². The van der Waals surface area contributed by atoms with Crippen LogP contribution in [0.5, 0.6) is 5.75 Å². The molecule has 0 fully saturated rings. The Balaban J connectivity index is 3.02. The summed E-state index contributed by atoms with van der Waals surface area (Å²) < 4.78 is 0. The maximum Gasteiger partial charge on any atom is 0.488 e. The number of phenols is 1. The molecule has 64 valence electrons. The first-order valence-electron chi connectivity index (χ1n) is 3.52. The lowest BCUT2D eigenvalue weighted by Gasteiger charge is -2.05. The fraction of sp³-hybridized carbons (Fsp3) is 0.143. The molecular weight excluding hydrogens is 157 g/mol. The molecule has 4 N–H and O–H groups in total. The van der Waals surface area contributed by atoms with Gasteiger partial charge in [-0.1, -0.05) is 6.07 Å². The van der Waals surface area contributed by atoms with E-state index < -0.39 is 7.12 Å². The first kappa shape index (κ1) is 8.90. The minimum absolute atomic E-state index is 0.00287. The van der Waals surface area contributed by atoms with Crippen molar-refractivity contribution in [3.8, 4) is 5.75 Å². The molecule has 0 bridgehead atoms. The molecule has 1 rings (SSSR count). The summed E-state index contributed by atoms with van der Waals surface area (Å²) in [6, 6.07) is 4.40. The molecule has 0 aromatic heterocycles. The number of anilines is 1. The van der Waals surface area contributed by atoms with Gasteiger partial charge >= 0.3 is 7.12 Å². The molecule has 1 aromatic rings. The summed E-state index contributed by atoms with van der Waals surface area (Å²) in [5, 5.41) is 29.5. The Bertz CT molecular complexity index is 277. The number of benzene rings is 1. The average molecular weight is 167 g/mol. The van der Waals surface area contributed by atoms with Crippen molar-refractivity contribution in [3.63, 3.8) is 0 Å². The van der Waals surface area contributed by atoms with E-state index in [9.17, 15) is 5.11 Å². The van der Waals surface area contributed by atoms with Crippen molar-refractivity contribution < 1.29 is 15.2 Å². The van der Waals surface area contributed by atoms with Crippen LogP contribution in [0.15, 0.2) is 18.2 Å². The van der Waals surface area contributed by atoms with Crippen molar-refractivity contribution in [3.05, 3.63) is 18.2 Å². The van der Waals surface area contributed by atoms with Gasteiger partial charge in [0.05, 0.1) is 5.69 Å². The van der Waals surface area contributed by atoms with E-state index in [0.29, 0.717) is 5.69 Å². The van der Waals surface area contributed by atoms with E-state index in [0.717, 1.165) is 0 Å². The Hall–Kier alpha value is -1.20. The first-order chi connectivity index (χ1) is 5.65. The van der Waals surface area contributed by atoms with Gasteiger partial charge in [0.1, 0.15) is 5.75 Å². The molecule has 0 aliphatic carbocycles. The zero-order valence-corrected chi connectivity index (χ0v) is 6.65. The molecule has 0 unspecified atom stereocenters. The predicted octanol–water partition coefficient (Wildman–Crippen LogP) is -0.886. The molecule has 0 saturated heterocycles. The number of phenolic OH excluding ortho intramolecular Hbond substituents is 1. The fourth-order valence-electron chi connectivity index (χ4n) is 0.921. The molecule has 1 aromatic carbocycles. The third-order valence-corrected chi connectivity index (χ3v) is 1.59. The molecule has 0 radical (unpaired) electrons. The van der Waals surface area contributed by atoms with Gasteiger partial charge in [0.25, 0.3) is 0 Å². The second-order valence-corrected chi connectivity index (χ2v) is 2.40. The van der Waals surface area contributed by atoms with Gasteiger partial charge in [-0.3, -0.25) is 0 Å². The number of aromatic hydroxyl groups is 1. The highest BCUT2D eigenvalue weighted by Crippen LogP contribution is 2.19. The highest BCUT2D eigenvalue weighted by molar-refractivity contribution is 6.58. The number of hydrogen-bond acceptors (Lipinski definition) is 4. The van der Waals surface area contributed by atoms with Crippen molar-refractivity contribution in [2.24, 2.45) is 0 Å². The third-order valence-electron chi connectivity index (χ3n) is 1.59. The normalized spacial score (nSPS) is 9.58. The third kappa shape index (κ3) is 1.69. The summed E-state index contributed by atoms with van der Waals surface area (Å²) >= 11 is 0. The maximum absolute atomic E-state index is 9.26. The van der Waals surface area contributed by atoms with E-state index in [-0.39, 0.29) is 11.2 Å². The smallest absolute Gasteiger partial charge is 0.488 e. The minimum Gasteiger partial charge on any atom is -0.506 e. The van der Waals surface area contributed by atoms with Crippen LogP contribution in [0, 0.1) is 0 Å². The Morgan fingerprint density at radius 3 is 2.42 bits per heavy atom. The molecule has 0 saturated carbocycles. The van der Waals surface area contributed by atoms with Crippen LogP contribution in [0.3, 0.4) is 0 Å². The molecule has 0 spiro atoms. The molecule has 12 heavy (non-hydrogen) atoms. The summed E-state index contributed by atoms with van der Waals surface area (Å²) in [4.78, 5) is 0. The van der Waals surface area contributed by atoms with Gasteiger partial charge in [0.15, 0.2) is 0 Å². The van der Waals surface area contributed by atoms with Crippen LogP contribution in [-0.4, -0.2) is 29.3 Å². The molecule has 0 atom stereocenters. The monoisotopic (exact) mass is 167 g/mol. The zero-order chi connectivity index (χ0) is 9.14. The Morgan fingerprint density at radius 2 is 2.00 bits per heavy atom. The van der Waals surface area contributed by atoms with Crippen molar-refractivity contribution in [1.29, 1.82) is 0 Å². The lowest BCUT2D eigenvalue weighted by molar-refractivity contribution is 0.425. The summed E-state index contributed by atoms with van der Waals surface area (Å²) in [5.74, 6) is 0.00287. The lowest BCUT2D eigenvalue weighted by atomic mass is 9.80. The summed E-state index contributed by atoms with van der Waals surface area (Å²) in [6.45, 7) is 0. The van der Waals surface area contributed by atoms with Gasteiger partial charge < -0.3 is 20.5 Å². The van der Waals surface area contributed by atoms with Gasteiger partial charge in [-0.05, 0) is 17.6 Å². The van der Waals surface area contributed by atoms with E-state index in [4.69, 9.17) is 10.0 Å². The van der Waals surface area contributed by atoms with Crippen LogP contribution >= 0.6 is 0 Å². The van der Waals surface area contributed by atoms with Gasteiger partial charge in [0, 0.05) is 7.05 Å². The van der Waals surface area contributed by atoms with Crippen LogP contribution in [0.1, 0.15) is 0 Å². The highest BCUT2D eigenvalue weighted by Gasteiger charge is 2.12. The van der Waals surface area contributed by atoms with Gasteiger partial charge in [-0.15, -0.1) is 0 Å². The molecule has 0 aliphatic rings. The van der Waals surface area contributed by atoms with E-state index in [2.05, 4.69) is 5.32 Å². The molecule has 0 amide bonds. The Labute approximate surface area is 70.6 Å². The lowest BCUT2D eigenvalue weighted by Crippen LogP contribution is -2.29. The summed E-state index contributed by atoms with van der Waals surface area (Å²) in [5.41, 5.74) is 0.825. The molecular formula is C7H10BNO3. The van der Waals surface area contributed by atoms with Gasteiger partial charge in [-0.2, -0.15) is 0 Å². The fourth-order valence-corrected chi connectivity index (χ4v) is 0.921.